The molecule has 130 valence electrons. The molecule has 3 aromatic rings. The zero-order chi connectivity index (χ0) is 18.7. The molecule has 6 nitrogen and oxygen atoms in total. The number of aliphatic carboxylic acids is 1. The number of hydrogen-bond donors (Lipinski definition) is 1. The minimum atomic E-state index is -1.07. The van der Waals surface area contributed by atoms with Crippen LogP contribution in [0.25, 0.3) is 5.69 Å². The summed E-state index contributed by atoms with van der Waals surface area (Å²) in [4.78, 5) is 27.1. The molecule has 1 N–H and O–H groups in total. The molecule has 2 aromatic heterocycles. The summed E-state index contributed by atoms with van der Waals surface area (Å²) in [6, 6.07) is 9.07. The van der Waals surface area contributed by atoms with Crippen LogP contribution in [-0.2, 0) is 11.3 Å². The van der Waals surface area contributed by atoms with Crippen molar-refractivity contribution in [3.63, 3.8) is 0 Å². The summed E-state index contributed by atoms with van der Waals surface area (Å²) in [5.74, 6) is 5.58. The van der Waals surface area contributed by atoms with E-state index in [-0.39, 0.29) is 6.54 Å². The molecule has 6 heteroatoms. The third-order valence-corrected chi connectivity index (χ3v) is 3.90. The van der Waals surface area contributed by atoms with Crippen LogP contribution in [0.4, 0.5) is 0 Å². The van der Waals surface area contributed by atoms with Gasteiger partial charge in [0.1, 0.15) is 6.54 Å². The Balaban J connectivity index is 1.95. The number of rotatable bonds is 3. The lowest BCUT2D eigenvalue weighted by atomic mass is 10.1. The number of aromatic nitrogens is 3. The fourth-order valence-electron chi connectivity index (χ4n) is 2.60. The zero-order valence-electron chi connectivity index (χ0n) is 14.4. The van der Waals surface area contributed by atoms with Gasteiger partial charge in [0.2, 0.25) is 0 Å². The highest BCUT2D eigenvalue weighted by Crippen LogP contribution is 2.11. The Morgan fingerprint density at radius 3 is 2.65 bits per heavy atom. The molecule has 0 aliphatic rings. The average Bonchev–Trinajstić information content (AvgIpc) is 3.04. The van der Waals surface area contributed by atoms with E-state index in [0.717, 1.165) is 15.7 Å². The summed E-state index contributed by atoms with van der Waals surface area (Å²) >= 11 is 0. The molecule has 0 spiro atoms. The Bertz CT molecular complexity index is 1100. The van der Waals surface area contributed by atoms with Crippen molar-refractivity contribution in [1.29, 1.82) is 0 Å². The van der Waals surface area contributed by atoms with Gasteiger partial charge in [-0.1, -0.05) is 23.6 Å². The molecule has 0 saturated heterocycles. The number of imidazole rings is 1. The van der Waals surface area contributed by atoms with Crippen molar-refractivity contribution < 1.29 is 9.90 Å². The van der Waals surface area contributed by atoms with Crippen molar-refractivity contribution in [2.45, 2.75) is 20.4 Å². The van der Waals surface area contributed by atoms with Gasteiger partial charge in [-0.05, 0) is 37.5 Å². The molecule has 0 unspecified atom stereocenters. The van der Waals surface area contributed by atoms with Gasteiger partial charge < -0.3 is 9.67 Å². The number of hydrogen-bond acceptors (Lipinski definition) is 3. The van der Waals surface area contributed by atoms with Crippen LogP contribution in [0.5, 0.6) is 0 Å². The fourth-order valence-corrected chi connectivity index (χ4v) is 2.60. The summed E-state index contributed by atoms with van der Waals surface area (Å²) < 4.78 is 2.83. The van der Waals surface area contributed by atoms with Crippen LogP contribution in [0.1, 0.15) is 22.5 Å². The van der Waals surface area contributed by atoms with Crippen LogP contribution in [0.15, 0.2) is 53.7 Å². The van der Waals surface area contributed by atoms with E-state index in [2.05, 4.69) is 22.9 Å². The highest BCUT2D eigenvalue weighted by molar-refractivity contribution is 5.66. The molecule has 0 radical (unpaired) electrons. The molecule has 0 aliphatic carbocycles. The normalized spacial score (nSPS) is 10.2. The Hall–Kier alpha value is -3.59. The molecule has 0 aliphatic heterocycles. The lowest BCUT2D eigenvalue weighted by Gasteiger charge is -2.06. The van der Waals surface area contributed by atoms with Crippen LogP contribution in [0, 0.1) is 25.7 Å². The second-order valence-electron chi connectivity index (χ2n) is 5.93. The third-order valence-electron chi connectivity index (χ3n) is 3.90. The number of aryl methyl sites for hydroxylation is 2. The zero-order valence-corrected chi connectivity index (χ0v) is 14.4. The smallest absolute Gasteiger partial charge is 0.323 e. The van der Waals surface area contributed by atoms with Crippen molar-refractivity contribution in [3.05, 3.63) is 81.8 Å². The number of carbonyl (C=O) groups is 1. The Kier molecular flexibility index (Phi) is 4.72. The van der Waals surface area contributed by atoms with Gasteiger partial charge in [0.15, 0.2) is 5.82 Å². The van der Waals surface area contributed by atoms with Gasteiger partial charge >= 0.3 is 5.97 Å². The van der Waals surface area contributed by atoms with Gasteiger partial charge in [0.05, 0.1) is 5.69 Å². The fraction of sp³-hybridized carbons (Fsp3) is 0.150. The van der Waals surface area contributed by atoms with Crippen molar-refractivity contribution in [1.82, 2.24) is 14.1 Å². The topological polar surface area (TPSA) is 77.1 Å². The number of nitrogens with zero attached hydrogens (tertiary/aromatic N) is 3. The largest absolute Gasteiger partial charge is 0.480 e. The summed E-state index contributed by atoms with van der Waals surface area (Å²) in [6.45, 7) is 3.66. The summed E-state index contributed by atoms with van der Waals surface area (Å²) in [5, 5.41) is 8.81. The van der Waals surface area contributed by atoms with E-state index >= 15 is 0 Å². The third kappa shape index (κ3) is 3.73. The van der Waals surface area contributed by atoms with Crippen molar-refractivity contribution in [2.24, 2.45) is 0 Å². The SMILES string of the molecule is Cc1ccc(C#Cc2nccn2-c2ccn(CC(=O)O)c(=O)c2)c(C)c1. The van der Waals surface area contributed by atoms with Crippen molar-refractivity contribution in [2.75, 3.05) is 0 Å². The minimum Gasteiger partial charge on any atom is -0.480 e. The summed E-state index contributed by atoms with van der Waals surface area (Å²) in [6.07, 6.45) is 4.77. The van der Waals surface area contributed by atoms with E-state index in [1.807, 2.05) is 26.0 Å². The predicted octanol–water partition coefficient (Wildman–Crippen LogP) is 2.14. The molecular formula is C20H17N3O3. The molecule has 1 aromatic carbocycles. The first-order chi connectivity index (χ1) is 12.4. The van der Waals surface area contributed by atoms with Gasteiger partial charge in [-0.3, -0.25) is 14.2 Å². The van der Waals surface area contributed by atoms with Crippen LogP contribution in [0.2, 0.25) is 0 Å². The van der Waals surface area contributed by atoms with Crippen LogP contribution in [-0.4, -0.2) is 25.2 Å². The van der Waals surface area contributed by atoms with Crippen molar-refractivity contribution in [3.8, 4) is 17.5 Å². The van der Waals surface area contributed by atoms with Crippen LogP contribution in [0.3, 0.4) is 0 Å². The van der Waals surface area contributed by atoms with Gasteiger partial charge in [0, 0.05) is 30.2 Å². The predicted molar refractivity (Wildman–Crippen MR) is 97.4 cm³/mol. The average molecular weight is 347 g/mol. The molecule has 2 heterocycles. The molecule has 0 atom stereocenters. The first-order valence-electron chi connectivity index (χ1n) is 7.99. The Morgan fingerprint density at radius 2 is 1.96 bits per heavy atom. The van der Waals surface area contributed by atoms with E-state index in [9.17, 15) is 9.59 Å². The summed E-state index contributed by atoms with van der Waals surface area (Å²) in [7, 11) is 0. The van der Waals surface area contributed by atoms with E-state index in [0.29, 0.717) is 11.5 Å². The number of benzene rings is 1. The molecule has 3 rings (SSSR count). The molecule has 0 amide bonds. The second-order valence-corrected chi connectivity index (χ2v) is 5.93. The second kappa shape index (κ2) is 7.11. The molecule has 0 saturated carbocycles. The van der Waals surface area contributed by atoms with E-state index in [4.69, 9.17) is 5.11 Å². The highest BCUT2D eigenvalue weighted by Gasteiger charge is 2.07. The highest BCUT2D eigenvalue weighted by atomic mass is 16.4. The standard InChI is InChI=1S/C20H17N3O3/c1-14-3-4-16(15(2)11-14)5-6-18-21-8-10-23(18)17-7-9-22(13-20(25)26)19(24)12-17/h3-4,7-12H,13H2,1-2H3,(H,25,26). The summed E-state index contributed by atoms with van der Waals surface area (Å²) in [5.41, 5.74) is 3.37. The van der Waals surface area contributed by atoms with Gasteiger partial charge in [-0.2, -0.15) is 0 Å². The molecule has 0 bridgehead atoms. The lowest BCUT2D eigenvalue weighted by molar-refractivity contribution is -0.137. The molecular weight excluding hydrogens is 330 g/mol. The van der Waals surface area contributed by atoms with E-state index in [1.54, 1.807) is 23.0 Å². The Morgan fingerprint density at radius 1 is 1.15 bits per heavy atom. The maximum absolute atomic E-state index is 12.1. The first-order valence-corrected chi connectivity index (χ1v) is 7.99. The quantitative estimate of drug-likeness (QED) is 0.737. The monoisotopic (exact) mass is 347 g/mol. The van der Waals surface area contributed by atoms with E-state index < -0.39 is 11.5 Å². The van der Waals surface area contributed by atoms with Crippen LogP contribution >= 0.6 is 0 Å². The minimum absolute atomic E-state index is 0.373. The van der Waals surface area contributed by atoms with Gasteiger partial charge in [0.25, 0.3) is 5.56 Å². The van der Waals surface area contributed by atoms with E-state index in [1.165, 1.54) is 17.8 Å². The lowest BCUT2D eigenvalue weighted by Crippen LogP contribution is -2.23. The number of carboxylic acids is 1. The Labute approximate surface area is 150 Å². The molecule has 26 heavy (non-hydrogen) atoms. The first kappa shape index (κ1) is 17.2. The van der Waals surface area contributed by atoms with Gasteiger partial charge in [-0.15, -0.1) is 0 Å². The maximum Gasteiger partial charge on any atom is 0.323 e. The van der Waals surface area contributed by atoms with Gasteiger partial charge in [-0.25, -0.2) is 4.98 Å². The number of pyridine rings is 1. The molecule has 0 fully saturated rings. The maximum atomic E-state index is 12.1. The number of carboxylic acid groups (broad SMARTS) is 1. The van der Waals surface area contributed by atoms with Crippen LogP contribution < -0.4 is 5.56 Å². The van der Waals surface area contributed by atoms with Crippen molar-refractivity contribution >= 4 is 5.97 Å².